The molecule has 0 radical (unpaired) electrons. The highest BCUT2D eigenvalue weighted by Crippen LogP contribution is 2.27. The van der Waals surface area contributed by atoms with Gasteiger partial charge in [-0.15, -0.1) is 0 Å². The topological polar surface area (TPSA) is 52.7 Å². The molecule has 1 N–H and O–H groups in total. The van der Waals surface area contributed by atoms with E-state index in [0.717, 1.165) is 38.0 Å². The van der Waals surface area contributed by atoms with Crippen molar-refractivity contribution in [3.63, 3.8) is 0 Å². The molecule has 1 atom stereocenters. The van der Waals surface area contributed by atoms with Crippen LogP contribution in [0.5, 0.6) is 0 Å². The summed E-state index contributed by atoms with van der Waals surface area (Å²) in [6.07, 6.45) is 2.85. The lowest BCUT2D eigenvalue weighted by atomic mass is 9.96. The number of hydrogen-bond donors (Lipinski definition) is 1. The Labute approximate surface area is 144 Å². The second kappa shape index (κ2) is 7.34. The fourth-order valence-corrected chi connectivity index (χ4v) is 3.69. The van der Waals surface area contributed by atoms with E-state index in [1.54, 1.807) is 4.90 Å². The Kier molecular flexibility index (Phi) is 5.19. The molecule has 0 aromatic heterocycles. The lowest BCUT2D eigenvalue weighted by molar-refractivity contribution is -0.129. The molecule has 2 amide bonds. The molecule has 0 spiro atoms. The van der Waals surface area contributed by atoms with E-state index in [1.807, 2.05) is 18.2 Å². The summed E-state index contributed by atoms with van der Waals surface area (Å²) >= 11 is 0. The van der Waals surface area contributed by atoms with E-state index in [-0.39, 0.29) is 24.3 Å². The zero-order chi connectivity index (χ0) is 17.1. The number of anilines is 1. The van der Waals surface area contributed by atoms with E-state index in [1.165, 1.54) is 5.56 Å². The van der Waals surface area contributed by atoms with Crippen LogP contribution in [0.2, 0.25) is 0 Å². The summed E-state index contributed by atoms with van der Waals surface area (Å²) in [5, 5.41) is 2.86. The Bertz CT molecular complexity index is 614. The Morgan fingerprint density at radius 3 is 2.83 bits per heavy atom. The third kappa shape index (κ3) is 3.61. The van der Waals surface area contributed by atoms with Crippen molar-refractivity contribution in [2.45, 2.75) is 39.2 Å². The van der Waals surface area contributed by atoms with Gasteiger partial charge in [0.2, 0.25) is 11.8 Å². The number of rotatable bonds is 4. The van der Waals surface area contributed by atoms with E-state index in [9.17, 15) is 9.59 Å². The number of hydrogen-bond acceptors (Lipinski definition) is 3. The normalized spacial score (nSPS) is 21.0. The average Bonchev–Trinajstić information content (AvgIpc) is 3.03. The Morgan fingerprint density at radius 2 is 2.04 bits per heavy atom. The van der Waals surface area contributed by atoms with E-state index >= 15 is 0 Å². The number of para-hydroxylation sites is 1. The summed E-state index contributed by atoms with van der Waals surface area (Å²) in [4.78, 5) is 29.0. The van der Waals surface area contributed by atoms with Gasteiger partial charge in [0.05, 0.1) is 12.5 Å². The van der Waals surface area contributed by atoms with Crippen LogP contribution in [0.1, 0.15) is 32.3 Å². The Morgan fingerprint density at radius 1 is 1.25 bits per heavy atom. The van der Waals surface area contributed by atoms with Crippen molar-refractivity contribution in [3.8, 4) is 0 Å². The number of carbonyl (C=O) groups excluding carboxylic acids is 2. The molecule has 1 aromatic carbocycles. The molecule has 0 bridgehead atoms. The number of nitrogens with zero attached hydrogens (tertiary/aromatic N) is 2. The maximum Gasteiger partial charge on any atom is 0.246 e. The molecule has 2 aliphatic heterocycles. The van der Waals surface area contributed by atoms with Crippen LogP contribution >= 0.6 is 0 Å². The monoisotopic (exact) mass is 329 g/mol. The van der Waals surface area contributed by atoms with Crippen LogP contribution in [0.25, 0.3) is 0 Å². The van der Waals surface area contributed by atoms with E-state index in [2.05, 4.69) is 30.1 Å². The molecule has 2 aliphatic rings. The van der Waals surface area contributed by atoms with Crippen molar-refractivity contribution in [1.29, 1.82) is 0 Å². The first-order valence-corrected chi connectivity index (χ1v) is 8.96. The molecule has 3 rings (SSSR count). The lowest BCUT2D eigenvalue weighted by Gasteiger charge is -2.34. The van der Waals surface area contributed by atoms with Crippen LogP contribution in [0, 0.1) is 5.92 Å². The molecule has 0 saturated carbocycles. The van der Waals surface area contributed by atoms with Gasteiger partial charge in [0.15, 0.2) is 0 Å². The summed E-state index contributed by atoms with van der Waals surface area (Å²) in [6.45, 7) is 6.97. The van der Waals surface area contributed by atoms with Gasteiger partial charge in [-0.05, 0) is 51.3 Å². The minimum atomic E-state index is -0.0233. The second-order valence-corrected chi connectivity index (χ2v) is 7.07. The first kappa shape index (κ1) is 17.0. The van der Waals surface area contributed by atoms with Gasteiger partial charge in [-0.1, -0.05) is 18.2 Å². The molecule has 1 unspecified atom stereocenters. The maximum absolute atomic E-state index is 12.5. The minimum absolute atomic E-state index is 0.000172. The summed E-state index contributed by atoms with van der Waals surface area (Å²) in [6, 6.07) is 8.44. The van der Waals surface area contributed by atoms with Crippen LogP contribution in [0.4, 0.5) is 5.69 Å². The highest BCUT2D eigenvalue weighted by molar-refractivity contribution is 5.98. The zero-order valence-electron chi connectivity index (χ0n) is 14.6. The molecule has 1 fully saturated rings. The predicted octanol–water partition coefficient (Wildman–Crippen LogP) is 1.81. The maximum atomic E-state index is 12.5. The van der Waals surface area contributed by atoms with Gasteiger partial charge in [-0.3, -0.25) is 9.59 Å². The fourth-order valence-electron chi connectivity index (χ4n) is 3.69. The number of nitrogens with one attached hydrogen (secondary N) is 1. The molecule has 5 nitrogen and oxygen atoms in total. The molecular formula is C19H27N3O2. The largest absolute Gasteiger partial charge is 0.347 e. The fraction of sp³-hybridized carbons (Fsp3) is 0.579. The molecule has 0 aliphatic carbocycles. The van der Waals surface area contributed by atoms with Crippen LogP contribution in [-0.2, 0) is 16.0 Å². The van der Waals surface area contributed by atoms with Crippen LogP contribution in [0.3, 0.4) is 0 Å². The summed E-state index contributed by atoms with van der Waals surface area (Å²) in [5.41, 5.74) is 2.19. The first-order chi connectivity index (χ1) is 11.6. The SMILES string of the molecule is CC(C)N1CCCC(C(=O)NCC(=O)N2CCc3ccccc32)C1. The van der Waals surface area contributed by atoms with Crippen molar-refractivity contribution < 1.29 is 9.59 Å². The molecule has 1 aromatic rings. The summed E-state index contributed by atoms with van der Waals surface area (Å²) in [7, 11) is 0. The van der Waals surface area contributed by atoms with E-state index in [0.29, 0.717) is 12.6 Å². The summed E-state index contributed by atoms with van der Waals surface area (Å²) < 4.78 is 0. The third-order valence-corrected chi connectivity index (χ3v) is 5.16. The Balaban J connectivity index is 1.52. The molecular weight excluding hydrogens is 302 g/mol. The average molecular weight is 329 g/mol. The summed E-state index contributed by atoms with van der Waals surface area (Å²) in [5.74, 6) is -0.00850. The number of benzene rings is 1. The number of carbonyl (C=O) groups is 2. The lowest BCUT2D eigenvalue weighted by Crippen LogP contribution is -2.47. The van der Waals surface area contributed by atoms with Gasteiger partial charge < -0.3 is 15.1 Å². The van der Waals surface area contributed by atoms with Gasteiger partial charge in [0.1, 0.15) is 0 Å². The first-order valence-electron chi connectivity index (χ1n) is 8.96. The molecule has 24 heavy (non-hydrogen) atoms. The van der Waals surface area contributed by atoms with E-state index < -0.39 is 0 Å². The molecule has 130 valence electrons. The number of piperidine rings is 1. The quantitative estimate of drug-likeness (QED) is 0.917. The van der Waals surface area contributed by atoms with Crippen molar-refractivity contribution in [2.75, 3.05) is 31.1 Å². The number of fused-ring (bicyclic) bond motifs is 1. The van der Waals surface area contributed by atoms with E-state index in [4.69, 9.17) is 0 Å². The molecule has 5 heteroatoms. The highest BCUT2D eigenvalue weighted by atomic mass is 16.2. The van der Waals surface area contributed by atoms with Gasteiger partial charge in [0, 0.05) is 24.8 Å². The predicted molar refractivity (Wildman–Crippen MR) is 94.9 cm³/mol. The van der Waals surface area contributed by atoms with Gasteiger partial charge in [-0.2, -0.15) is 0 Å². The van der Waals surface area contributed by atoms with Crippen LogP contribution in [0.15, 0.2) is 24.3 Å². The number of likely N-dealkylation sites (tertiary alicyclic amines) is 1. The van der Waals surface area contributed by atoms with Crippen molar-refractivity contribution in [3.05, 3.63) is 29.8 Å². The van der Waals surface area contributed by atoms with Gasteiger partial charge in [-0.25, -0.2) is 0 Å². The van der Waals surface area contributed by atoms with Crippen molar-refractivity contribution in [2.24, 2.45) is 5.92 Å². The van der Waals surface area contributed by atoms with Crippen molar-refractivity contribution >= 4 is 17.5 Å². The highest BCUT2D eigenvalue weighted by Gasteiger charge is 2.28. The molecule has 1 saturated heterocycles. The second-order valence-electron chi connectivity index (χ2n) is 7.07. The van der Waals surface area contributed by atoms with Gasteiger partial charge >= 0.3 is 0 Å². The third-order valence-electron chi connectivity index (χ3n) is 5.16. The molecule has 2 heterocycles. The Hall–Kier alpha value is -1.88. The zero-order valence-corrected chi connectivity index (χ0v) is 14.6. The smallest absolute Gasteiger partial charge is 0.246 e. The standard InChI is InChI=1S/C19H27N3O2/c1-14(2)21-10-5-7-16(13-21)19(24)20-12-18(23)22-11-9-15-6-3-4-8-17(15)22/h3-4,6,8,14,16H,5,7,9-13H2,1-2H3,(H,20,24). The van der Waals surface area contributed by atoms with Gasteiger partial charge in [0.25, 0.3) is 0 Å². The number of amides is 2. The van der Waals surface area contributed by atoms with Crippen LogP contribution in [-0.4, -0.2) is 48.9 Å². The van der Waals surface area contributed by atoms with Crippen molar-refractivity contribution in [1.82, 2.24) is 10.2 Å². The van der Waals surface area contributed by atoms with Crippen LogP contribution < -0.4 is 10.2 Å². The minimum Gasteiger partial charge on any atom is -0.347 e.